The van der Waals surface area contributed by atoms with Crippen molar-refractivity contribution in [1.29, 1.82) is 0 Å². The molecule has 212 valence electrons. The quantitative estimate of drug-likeness (QED) is 0.201. The van der Waals surface area contributed by atoms with Gasteiger partial charge in [-0.1, -0.05) is 47.5 Å². The summed E-state index contributed by atoms with van der Waals surface area (Å²) >= 11 is 13.8. The zero-order valence-corrected chi connectivity index (χ0v) is 24.7. The van der Waals surface area contributed by atoms with E-state index in [9.17, 15) is 9.18 Å². The predicted molar refractivity (Wildman–Crippen MR) is 164 cm³/mol. The lowest BCUT2D eigenvalue weighted by atomic mass is 9.87. The number of alkyl halides is 1. The Hall–Kier alpha value is -2.97. The molecule has 9 heteroatoms. The number of ether oxygens (including phenoxy) is 1. The summed E-state index contributed by atoms with van der Waals surface area (Å²) in [6.07, 6.45) is 4.23. The molecule has 3 aromatic carbocycles. The molecule has 2 aliphatic rings. The SMILES string of the molecule is O=c1oc(-c2ccc3c(c2)CCCC(c2ccc(Cl)cc2Cl)=C3c2ccc(O[C@H]3CCN(CCCF)C3)cc2)ns1. The van der Waals surface area contributed by atoms with E-state index in [0.717, 1.165) is 102 Å². The molecule has 0 unspecified atom stereocenters. The topological polar surface area (TPSA) is 55.6 Å². The van der Waals surface area contributed by atoms with Crippen LogP contribution in [0.1, 0.15) is 47.9 Å². The Morgan fingerprint density at radius 3 is 2.59 bits per heavy atom. The third-order valence-electron chi connectivity index (χ3n) is 7.72. The Kier molecular flexibility index (Phi) is 8.58. The number of fused-ring (bicyclic) bond motifs is 1. The molecule has 1 atom stereocenters. The Labute approximate surface area is 252 Å². The normalized spacial score (nSPS) is 17.5. The lowest BCUT2D eigenvalue weighted by Gasteiger charge is -2.19. The minimum Gasteiger partial charge on any atom is -0.489 e. The highest BCUT2D eigenvalue weighted by atomic mass is 35.5. The first-order valence-corrected chi connectivity index (χ1v) is 15.4. The molecule has 4 aromatic rings. The third-order valence-corrected chi connectivity index (χ3v) is 8.76. The second-order valence-corrected chi connectivity index (χ2v) is 12.0. The van der Waals surface area contributed by atoms with Gasteiger partial charge < -0.3 is 9.15 Å². The lowest BCUT2D eigenvalue weighted by molar-refractivity contribution is 0.198. The van der Waals surface area contributed by atoms with Crippen molar-refractivity contribution in [3.05, 3.63) is 103 Å². The van der Waals surface area contributed by atoms with E-state index >= 15 is 0 Å². The summed E-state index contributed by atoms with van der Waals surface area (Å²) in [6.45, 7) is 2.24. The highest BCUT2D eigenvalue weighted by Gasteiger charge is 2.25. The number of allylic oxidation sites excluding steroid dienone is 1. The molecule has 0 spiro atoms. The van der Waals surface area contributed by atoms with Gasteiger partial charge in [-0.05, 0) is 102 Å². The summed E-state index contributed by atoms with van der Waals surface area (Å²) in [5.74, 6) is 1.16. The van der Waals surface area contributed by atoms with Crippen LogP contribution in [0.5, 0.6) is 5.75 Å². The molecule has 1 fully saturated rings. The molecule has 0 N–H and O–H groups in total. The minimum absolute atomic E-state index is 0.103. The van der Waals surface area contributed by atoms with Gasteiger partial charge in [-0.2, -0.15) is 0 Å². The Balaban J connectivity index is 1.37. The minimum atomic E-state index is -0.414. The summed E-state index contributed by atoms with van der Waals surface area (Å²) in [6, 6.07) is 20.0. The first-order valence-electron chi connectivity index (χ1n) is 13.8. The van der Waals surface area contributed by atoms with Crippen LogP contribution in [0.3, 0.4) is 0 Å². The largest absolute Gasteiger partial charge is 0.489 e. The fourth-order valence-electron chi connectivity index (χ4n) is 5.83. The van der Waals surface area contributed by atoms with Crippen LogP contribution in [-0.2, 0) is 6.42 Å². The molecule has 0 saturated carbocycles. The highest BCUT2D eigenvalue weighted by Crippen LogP contribution is 2.43. The van der Waals surface area contributed by atoms with Crippen LogP contribution in [0.4, 0.5) is 4.39 Å². The number of halogens is 3. The van der Waals surface area contributed by atoms with Crippen molar-refractivity contribution in [2.24, 2.45) is 0 Å². The van der Waals surface area contributed by atoms with Gasteiger partial charge in [0.2, 0.25) is 5.89 Å². The Morgan fingerprint density at radius 2 is 1.83 bits per heavy atom. The molecule has 1 aliphatic heterocycles. The van der Waals surface area contributed by atoms with E-state index in [2.05, 4.69) is 33.5 Å². The van der Waals surface area contributed by atoms with Gasteiger partial charge in [0.15, 0.2) is 0 Å². The maximum absolute atomic E-state index is 12.6. The lowest BCUT2D eigenvalue weighted by Crippen LogP contribution is -2.26. The Bertz CT molecular complexity index is 1630. The molecule has 1 saturated heterocycles. The first kappa shape index (κ1) is 28.2. The fourth-order valence-corrected chi connectivity index (χ4v) is 6.77. The van der Waals surface area contributed by atoms with Crippen molar-refractivity contribution in [1.82, 2.24) is 9.27 Å². The molecule has 1 aliphatic carbocycles. The average molecular weight is 612 g/mol. The number of nitrogens with zero attached hydrogens (tertiary/aromatic N) is 2. The third kappa shape index (κ3) is 6.28. The summed E-state index contributed by atoms with van der Waals surface area (Å²) in [7, 11) is 0. The molecule has 5 nitrogen and oxygen atoms in total. The van der Waals surface area contributed by atoms with Crippen LogP contribution in [0.2, 0.25) is 10.0 Å². The molecule has 41 heavy (non-hydrogen) atoms. The van der Waals surface area contributed by atoms with Gasteiger partial charge in [0, 0.05) is 35.2 Å². The Morgan fingerprint density at radius 1 is 1.02 bits per heavy atom. The van der Waals surface area contributed by atoms with E-state index in [1.54, 1.807) is 6.07 Å². The first-order chi connectivity index (χ1) is 20.0. The zero-order valence-electron chi connectivity index (χ0n) is 22.4. The standard InChI is InChI=1S/C32H29Cl2FN2O3S/c33-23-8-12-27(29(34)18-23)28-4-1-3-21-17-22(31-36-41-32(38)40-31)7-11-26(21)30(28)20-5-9-24(10-6-20)39-25-13-16-37(19-25)15-2-14-35/h5-12,17-18,25H,1-4,13-16,19H2/t25-/m0/s1. The molecule has 6 rings (SSSR count). The number of hydrogen-bond acceptors (Lipinski definition) is 6. The molecule has 1 aromatic heterocycles. The summed E-state index contributed by atoms with van der Waals surface area (Å²) in [5.41, 5.74) is 7.35. The number of aryl methyl sites for hydroxylation is 1. The molecular weight excluding hydrogens is 582 g/mol. The smallest absolute Gasteiger partial charge is 0.414 e. The number of likely N-dealkylation sites (tertiary alicyclic amines) is 1. The van der Waals surface area contributed by atoms with Crippen molar-refractivity contribution in [2.45, 2.75) is 38.2 Å². The number of aromatic nitrogens is 1. The van der Waals surface area contributed by atoms with Crippen molar-refractivity contribution in [3.63, 3.8) is 0 Å². The van der Waals surface area contributed by atoms with Crippen LogP contribution in [0, 0.1) is 0 Å². The van der Waals surface area contributed by atoms with Crippen molar-refractivity contribution >= 4 is 45.9 Å². The van der Waals surface area contributed by atoms with Gasteiger partial charge in [0.25, 0.3) is 0 Å². The van der Waals surface area contributed by atoms with E-state index in [1.807, 2.05) is 30.3 Å². The summed E-state index contributed by atoms with van der Waals surface area (Å²) in [4.78, 5) is 13.5. The van der Waals surface area contributed by atoms with Gasteiger partial charge in [0.1, 0.15) is 11.9 Å². The van der Waals surface area contributed by atoms with Crippen LogP contribution in [0.15, 0.2) is 69.9 Å². The monoisotopic (exact) mass is 610 g/mol. The molecule has 0 amide bonds. The van der Waals surface area contributed by atoms with Crippen molar-refractivity contribution in [2.75, 3.05) is 26.3 Å². The summed E-state index contributed by atoms with van der Waals surface area (Å²) in [5, 5.41) is 1.22. The number of benzene rings is 3. The molecule has 2 heterocycles. The number of rotatable bonds is 8. The van der Waals surface area contributed by atoms with E-state index in [4.69, 9.17) is 32.4 Å². The van der Waals surface area contributed by atoms with Crippen molar-refractivity contribution in [3.8, 4) is 17.2 Å². The fraction of sp³-hybridized carbons (Fsp3) is 0.312. The van der Waals surface area contributed by atoms with Gasteiger partial charge in [-0.15, -0.1) is 4.37 Å². The number of hydrogen-bond donors (Lipinski definition) is 0. The highest BCUT2D eigenvalue weighted by molar-refractivity contribution is 7.02. The average Bonchev–Trinajstić information content (AvgIpc) is 3.56. The maximum Gasteiger partial charge on any atom is 0.414 e. The van der Waals surface area contributed by atoms with Crippen LogP contribution >= 0.6 is 34.7 Å². The second-order valence-electron chi connectivity index (χ2n) is 10.4. The van der Waals surface area contributed by atoms with E-state index in [1.165, 1.54) is 0 Å². The van der Waals surface area contributed by atoms with Gasteiger partial charge in [-0.3, -0.25) is 9.29 Å². The van der Waals surface area contributed by atoms with Crippen LogP contribution in [-0.4, -0.2) is 41.7 Å². The summed E-state index contributed by atoms with van der Waals surface area (Å²) < 4.78 is 28.4. The molecule has 0 radical (unpaired) electrons. The van der Waals surface area contributed by atoms with E-state index < -0.39 is 4.94 Å². The van der Waals surface area contributed by atoms with E-state index in [-0.39, 0.29) is 12.8 Å². The maximum atomic E-state index is 12.6. The van der Waals surface area contributed by atoms with Crippen LogP contribution < -0.4 is 9.68 Å². The van der Waals surface area contributed by atoms with E-state index in [0.29, 0.717) is 22.4 Å². The second kappa shape index (κ2) is 12.5. The zero-order chi connectivity index (χ0) is 28.3. The van der Waals surface area contributed by atoms with Gasteiger partial charge in [-0.25, -0.2) is 4.79 Å². The van der Waals surface area contributed by atoms with Gasteiger partial charge in [0.05, 0.1) is 18.2 Å². The van der Waals surface area contributed by atoms with Crippen molar-refractivity contribution < 1.29 is 13.5 Å². The van der Waals surface area contributed by atoms with Crippen LogP contribution in [0.25, 0.3) is 22.6 Å². The van der Waals surface area contributed by atoms with Gasteiger partial charge >= 0.3 is 4.94 Å². The molecular formula is C32H29Cl2FN2O3S. The molecule has 0 bridgehead atoms. The predicted octanol–water partition coefficient (Wildman–Crippen LogP) is 8.18.